The Morgan fingerprint density at radius 1 is 1.29 bits per heavy atom. The van der Waals surface area contributed by atoms with Crippen LogP contribution >= 0.6 is 0 Å². The van der Waals surface area contributed by atoms with Crippen LogP contribution in [-0.4, -0.2) is 30.6 Å². The highest BCUT2D eigenvalue weighted by molar-refractivity contribution is 5.72. The fourth-order valence-electron chi connectivity index (χ4n) is 2.87. The molecule has 21 heavy (non-hydrogen) atoms. The zero-order valence-electron chi connectivity index (χ0n) is 13.0. The summed E-state index contributed by atoms with van der Waals surface area (Å²) in [5.41, 5.74) is 2.59. The molecule has 1 aromatic carbocycles. The van der Waals surface area contributed by atoms with Gasteiger partial charge in [-0.25, -0.2) is 0 Å². The molecule has 1 aliphatic heterocycles. The Morgan fingerprint density at radius 3 is 2.71 bits per heavy atom. The highest BCUT2D eigenvalue weighted by atomic mass is 16.5. The zero-order chi connectivity index (χ0) is 15.1. The van der Waals surface area contributed by atoms with Gasteiger partial charge in [0, 0.05) is 19.6 Å². The fourth-order valence-corrected chi connectivity index (χ4v) is 2.87. The van der Waals surface area contributed by atoms with Crippen LogP contribution in [0.4, 0.5) is 0 Å². The van der Waals surface area contributed by atoms with Crippen LogP contribution in [0.25, 0.3) is 0 Å². The second kappa shape index (κ2) is 7.99. The molecule has 0 radical (unpaired) electrons. The molecule has 0 aromatic heterocycles. The molecule has 0 N–H and O–H groups in total. The lowest BCUT2D eigenvalue weighted by molar-refractivity contribution is -0.142. The number of carbonyl (C=O) groups is 1. The first-order chi connectivity index (χ1) is 10.2. The van der Waals surface area contributed by atoms with E-state index in [0.717, 1.165) is 26.1 Å². The number of esters is 1. The van der Waals surface area contributed by atoms with Crippen LogP contribution in [0.2, 0.25) is 0 Å². The van der Waals surface area contributed by atoms with Crippen molar-refractivity contribution in [3.05, 3.63) is 47.5 Å². The molecular formula is C18H25NO2. The molecule has 1 aromatic rings. The minimum atomic E-state index is -0.0984. The fraction of sp³-hybridized carbons (Fsp3) is 0.500. The van der Waals surface area contributed by atoms with Crippen LogP contribution in [-0.2, 0) is 16.1 Å². The van der Waals surface area contributed by atoms with Crippen molar-refractivity contribution in [3.63, 3.8) is 0 Å². The molecule has 114 valence electrons. The van der Waals surface area contributed by atoms with E-state index in [1.54, 1.807) is 0 Å². The maximum atomic E-state index is 11.7. The molecule has 3 nitrogen and oxygen atoms in total. The summed E-state index contributed by atoms with van der Waals surface area (Å²) in [5, 5.41) is 0. The first-order valence-corrected chi connectivity index (χ1v) is 7.83. The van der Waals surface area contributed by atoms with E-state index in [1.807, 2.05) is 13.0 Å². The number of benzene rings is 1. The monoisotopic (exact) mass is 287 g/mol. The highest BCUT2D eigenvalue weighted by Crippen LogP contribution is 2.25. The van der Waals surface area contributed by atoms with Crippen LogP contribution in [0.1, 0.15) is 32.3 Å². The molecule has 0 saturated heterocycles. The summed E-state index contributed by atoms with van der Waals surface area (Å²) >= 11 is 0. The Balaban J connectivity index is 1.95. The van der Waals surface area contributed by atoms with Gasteiger partial charge in [0.25, 0.3) is 0 Å². The summed E-state index contributed by atoms with van der Waals surface area (Å²) < 4.78 is 5.07. The maximum absolute atomic E-state index is 11.7. The normalized spacial score (nSPS) is 19.1. The maximum Gasteiger partial charge on any atom is 0.309 e. The van der Waals surface area contributed by atoms with Crippen molar-refractivity contribution in [3.8, 4) is 0 Å². The first-order valence-electron chi connectivity index (χ1n) is 7.83. The Hall–Kier alpha value is -1.61. The molecule has 1 heterocycles. The molecule has 0 amide bonds. The summed E-state index contributed by atoms with van der Waals surface area (Å²) in [6.07, 6.45) is 3.74. The molecule has 0 saturated carbocycles. The van der Waals surface area contributed by atoms with Crippen molar-refractivity contribution in [2.45, 2.75) is 33.2 Å². The molecule has 0 spiro atoms. The molecular weight excluding hydrogens is 262 g/mol. The van der Waals surface area contributed by atoms with Crippen molar-refractivity contribution < 1.29 is 9.53 Å². The third kappa shape index (κ3) is 4.71. The van der Waals surface area contributed by atoms with Crippen molar-refractivity contribution in [2.75, 3.05) is 19.7 Å². The standard InChI is InChI=1S/C18H25NO2/c1-3-16-14-19(13-15-8-6-5-7-9-15)11-10-17(16)12-18(20)21-4-2/h5-10,16H,3-4,11-14H2,1-2H3. The SMILES string of the molecule is CCOC(=O)CC1=CCN(Cc2ccccc2)CC1CC. The Bertz CT molecular complexity index is 481. The zero-order valence-corrected chi connectivity index (χ0v) is 13.0. The van der Waals surface area contributed by atoms with Crippen molar-refractivity contribution in [2.24, 2.45) is 5.92 Å². The summed E-state index contributed by atoms with van der Waals surface area (Å²) in [6.45, 7) is 7.42. The van der Waals surface area contributed by atoms with Gasteiger partial charge in [-0.3, -0.25) is 9.69 Å². The second-order valence-corrected chi connectivity index (χ2v) is 5.55. The lowest BCUT2D eigenvalue weighted by Gasteiger charge is -2.32. The van der Waals surface area contributed by atoms with Crippen LogP contribution in [0, 0.1) is 5.92 Å². The Kier molecular flexibility index (Phi) is 6.00. The van der Waals surface area contributed by atoms with E-state index in [4.69, 9.17) is 4.74 Å². The van der Waals surface area contributed by atoms with Gasteiger partial charge >= 0.3 is 5.97 Å². The van der Waals surface area contributed by atoms with Gasteiger partial charge < -0.3 is 4.74 Å². The lowest BCUT2D eigenvalue weighted by Crippen LogP contribution is -2.34. The predicted octanol–water partition coefficient (Wildman–Crippen LogP) is 3.41. The van der Waals surface area contributed by atoms with Crippen LogP contribution in [0.5, 0.6) is 0 Å². The summed E-state index contributed by atoms with van der Waals surface area (Å²) in [4.78, 5) is 14.1. The molecule has 0 bridgehead atoms. The van der Waals surface area contributed by atoms with E-state index >= 15 is 0 Å². The van der Waals surface area contributed by atoms with Gasteiger partial charge in [-0.1, -0.05) is 48.9 Å². The van der Waals surface area contributed by atoms with Crippen LogP contribution in [0.15, 0.2) is 42.0 Å². The smallest absolute Gasteiger partial charge is 0.309 e. The van der Waals surface area contributed by atoms with E-state index in [9.17, 15) is 4.79 Å². The quantitative estimate of drug-likeness (QED) is 0.593. The van der Waals surface area contributed by atoms with Gasteiger partial charge in [-0.2, -0.15) is 0 Å². The Labute approximate surface area is 127 Å². The highest BCUT2D eigenvalue weighted by Gasteiger charge is 2.23. The molecule has 1 aliphatic rings. The largest absolute Gasteiger partial charge is 0.466 e. The molecule has 3 heteroatoms. The minimum Gasteiger partial charge on any atom is -0.466 e. The summed E-state index contributed by atoms with van der Waals surface area (Å²) in [7, 11) is 0. The third-order valence-electron chi connectivity index (χ3n) is 4.01. The molecule has 0 aliphatic carbocycles. The van der Waals surface area contributed by atoms with Crippen LogP contribution < -0.4 is 0 Å². The van der Waals surface area contributed by atoms with Gasteiger partial charge in [0.1, 0.15) is 0 Å². The van der Waals surface area contributed by atoms with Gasteiger partial charge in [0.15, 0.2) is 0 Å². The van der Waals surface area contributed by atoms with Gasteiger partial charge in [-0.15, -0.1) is 0 Å². The van der Waals surface area contributed by atoms with E-state index in [2.05, 4.69) is 42.2 Å². The Morgan fingerprint density at radius 2 is 2.05 bits per heavy atom. The first kappa shape index (κ1) is 15.8. The number of rotatable bonds is 6. The molecule has 1 unspecified atom stereocenters. The number of hydrogen-bond acceptors (Lipinski definition) is 3. The number of ether oxygens (including phenoxy) is 1. The summed E-state index contributed by atoms with van der Waals surface area (Å²) in [6, 6.07) is 10.5. The van der Waals surface area contributed by atoms with E-state index in [-0.39, 0.29) is 5.97 Å². The number of carbonyl (C=O) groups excluding carboxylic acids is 1. The van der Waals surface area contributed by atoms with Crippen LogP contribution in [0.3, 0.4) is 0 Å². The lowest BCUT2D eigenvalue weighted by atomic mass is 9.90. The van der Waals surface area contributed by atoms with E-state index in [0.29, 0.717) is 18.9 Å². The average molecular weight is 287 g/mol. The average Bonchev–Trinajstić information content (AvgIpc) is 2.50. The van der Waals surface area contributed by atoms with Crippen molar-refractivity contribution in [1.29, 1.82) is 0 Å². The van der Waals surface area contributed by atoms with Gasteiger partial charge in [0.05, 0.1) is 13.0 Å². The molecule has 1 atom stereocenters. The predicted molar refractivity (Wildman–Crippen MR) is 84.8 cm³/mol. The van der Waals surface area contributed by atoms with Crippen molar-refractivity contribution >= 4 is 5.97 Å². The second-order valence-electron chi connectivity index (χ2n) is 5.55. The number of hydrogen-bond donors (Lipinski definition) is 0. The molecule has 0 fully saturated rings. The van der Waals surface area contributed by atoms with E-state index in [1.165, 1.54) is 11.1 Å². The van der Waals surface area contributed by atoms with Gasteiger partial charge in [0.2, 0.25) is 0 Å². The summed E-state index contributed by atoms with van der Waals surface area (Å²) in [5.74, 6) is 0.366. The topological polar surface area (TPSA) is 29.5 Å². The molecule has 2 rings (SSSR count). The number of nitrogens with zero attached hydrogens (tertiary/aromatic N) is 1. The third-order valence-corrected chi connectivity index (χ3v) is 4.01. The van der Waals surface area contributed by atoms with Crippen molar-refractivity contribution in [1.82, 2.24) is 4.90 Å². The minimum absolute atomic E-state index is 0.0984. The van der Waals surface area contributed by atoms with Gasteiger partial charge in [-0.05, 0) is 24.8 Å². The van der Waals surface area contributed by atoms with E-state index < -0.39 is 0 Å².